The quantitative estimate of drug-likeness (QED) is 0.735. The molecule has 1 fully saturated rings. The first kappa shape index (κ1) is 11.0. The van der Waals surface area contributed by atoms with Gasteiger partial charge >= 0.3 is 0 Å². The van der Waals surface area contributed by atoms with Gasteiger partial charge < -0.3 is 10.2 Å². The van der Waals surface area contributed by atoms with E-state index in [9.17, 15) is 4.39 Å². The molecule has 0 aliphatic carbocycles. The molecular weight excluding hydrogens is 181 g/mol. The summed E-state index contributed by atoms with van der Waals surface area (Å²) in [5.74, 6) is 0. The second-order valence-electron chi connectivity index (χ2n) is 3.99. The topological polar surface area (TPSA) is 39.1 Å². The van der Waals surface area contributed by atoms with Crippen LogP contribution < -0.4 is 5.32 Å². The number of hydrogen-bond donors (Lipinski definition) is 1. The standard InChI is InChI=1S/C10H16FN3/c1-8(6-13-3)14-7-10(2,11)4-9(14)5-12/h9,13H,1,4,6-7H2,2-3H3. The number of nitriles is 1. The number of alkyl halides is 1. The van der Waals surface area contributed by atoms with Crippen molar-refractivity contribution >= 4 is 0 Å². The van der Waals surface area contributed by atoms with Crippen LogP contribution in [-0.4, -0.2) is 36.7 Å². The number of nitrogens with zero attached hydrogens (tertiary/aromatic N) is 2. The highest BCUT2D eigenvalue weighted by Gasteiger charge is 2.41. The van der Waals surface area contributed by atoms with Crippen molar-refractivity contribution < 1.29 is 4.39 Å². The van der Waals surface area contributed by atoms with E-state index in [0.29, 0.717) is 6.54 Å². The molecule has 0 amide bonds. The Kier molecular flexibility index (Phi) is 3.12. The summed E-state index contributed by atoms with van der Waals surface area (Å²) in [6.45, 7) is 6.23. The zero-order valence-corrected chi connectivity index (χ0v) is 8.68. The van der Waals surface area contributed by atoms with Gasteiger partial charge in [-0.2, -0.15) is 5.26 Å². The Morgan fingerprint density at radius 3 is 3.00 bits per heavy atom. The molecule has 1 aliphatic heterocycles. The molecule has 1 saturated heterocycles. The predicted molar refractivity (Wildman–Crippen MR) is 53.3 cm³/mol. The van der Waals surface area contributed by atoms with Gasteiger partial charge in [-0.25, -0.2) is 4.39 Å². The summed E-state index contributed by atoms with van der Waals surface area (Å²) in [4.78, 5) is 1.75. The normalized spacial score (nSPS) is 31.6. The van der Waals surface area contributed by atoms with Gasteiger partial charge in [0.25, 0.3) is 0 Å². The molecule has 0 aromatic carbocycles. The lowest BCUT2D eigenvalue weighted by Crippen LogP contribution is -2.32. The van der Waals surface area contributed by atoms with Gasteiger partial charge in [-0.3, -0.25) is 0 Å². The van der Waals surface area contributed by atoms with Gasteiger partial charge in [-0.1, -0.05) is 6.58 Å². The van der Waals surface area contributed by atoms with Gasteiger partial charge in [0, 0.05) is 18.7 Å². The fraction of sp³-hybridized carbons (Fsp3) is 0.700. The Bertz CT molecular complexity index is 267. The van der Waals surface area contributed by atoms with Crippen LogP contribution in [0.5, 0.6) is 0 Å². The molecule has 1 rings (SSSR count). The summed E-state index contributed by atoms with van der Waals surface area (Å²) < 4.78 is 13.6. The zero-order chi connectivity index (χ0) is 10.8. The van der Waals surface area contributed by atoms with E-state index >= 15 is 0 Å². The van der Waals surface area contributed by atoms with Crippen LogP contribution in [0.15, 0.2) is 12.3 Å². The van der Waals surface area contributed by atoms with Crippen molar-refractivity contribution in [2.24, 2.45) is 0 Å². The lowest BCUT2D eigenvalue weighted by atomic mass is 10.1. The summed E-state index contributed by atoms with van der Waals surface area (Å²) in [7, 11) is 1.80. The van der Waals surface area contributed by atoms with Crippen LogP contribution in [0.3, 0.4) is 0 Å². The van der Waals surface area contributed by atoms with Crippen LogP contribution in [0.4, 0.5) is 4.39 Å². The largest absolute Gasteiger partial charge is 0.355 e. The Morgan fingerprint density at radius 2 is 2.50 bits per heavy atom. The maximum Gasteiger partial charge on any atom is 0.128 e. The first-order valence-corrected chi connectivity index (χ1v) is 4.68. The van der Waals surface area contributed by atoms with E-state index in [2.05, 4.69) is 18.0 Å². The van der Waals surface area contributed by atoms with E-state index in [0.717, 1.165) is 5.70 Å². The maximum atomic E-state index is 13.6. The molecule has 1 N–H and O–H groups in total. The molecule has 0 aromatic rings. The summed E-state index contributed by atoms with van der Waals surface area (Å²) in [5.41, 5.74) is -0.489. The molecule has 2 atom stereocenters. The Labute approximate surface area is 84.2 Å². The van der Waals surface area contributed by atoms with Crippen LogP contribution in [0.25, 0.3) is 0 Å². The van der Waals surface area contributed by atoms with Crippen molar-refractivity contribution in [3.05, 3.63) is 12.3 Å². The lowest BCUT2D eigenvalue weighted by Gasteiger charge is -2.24. The number of likely N-dealkylation sites (N-methyl/N-ethyl adjacent to an activating group) is 1. The highest BCUT2D eigenvalue weighted by Crippen LogP contribution is 2.31. The van der Waals surface area contributed by atoms with Gasteiger partial charge in [-0.05, 0) is 14.0 Å². The summed E-state index contributed by atoms with van der Waals surface area (Å²) in [6.07, 6.45) is 0.270. The SMILES string of the molecule is C=C(CNC)N1CC(C)(F)CC1C#N. The van der Waals surface area contributed by atoms with Crippen molar-refractivity contribution in [2.45, 2.75) is 25.1 Å². The van der Waals surface area contributed by atoms with Gasteiger partial charge in [-0.15, -0.1) is 0 Å². The third-order valence-electron chi connectivity index (χ3n) is 2.43. The van der Waals surface area contributed by atoms with E-state index in [-0.39, 0.29) is 19.0 Å². The highest BCUT2D eigenvalue weighted by atomic mass is 19.1. The van der Waals surface area contributed by atoms with Gasteiger partial charge in [0.05, 0.1) is 12.6 Å². The zero-order valence-electron chi connectivity index (χ0n) is 8.68. The van der Waals surface area contributed by atoms with Crippen LogP contribution in [-0.2, 0) is 0 Å². The van der Waals surface area contributed by atoms with Crippen molar-refractivity contribution in [2.75, 3.05) is 20.1 Å². The van der Waals surface area contributed by atoms with Crippen LogP contribution in [0.1, 0.15) is 13.3 Å². The molecule has 0 bridgehead atoms. The van der Waals surface area contributed by atoms with Crippen molar-refractivity contribution in [3.8, 4) is 6.07 Å². The van der Waals surface area contributed by atoms with Crippen LogP contribution in [0, 0.1) is 11.3 Å². The number of rotatable bonds is 3. The van der Waals surface area contributed by atoms with E-state index < -0.39 is 5.67 Å². The minimum absolute atomic E-state index is 0.270. The van der Waals surface area contributed by atoms with E-state index in [1.165, 1.54) is 6.92 Å². The molecule has 4 heteroatoms. The van der Waals surface area contributed by atoms with Crippen molar-refractivity contribution in [1.29, 1.82) is 5.26 Å². The summed E-state index contributed by atoms with van der Waals surface area (Å²) in [6, 6.07) is 1.74. The van der Waals surface area contributed by atoms with Crippen molar-refractivity contribution in [3.63, 3.8) is 0 Å². The molecule has 0 radical (unpaired) electrons. The van der Waals surface area contributed by atoms with Gasteiger partial charge in [0.1, 0.15) is 11.7 Å². The van der Waals surface area contributed by atoms with E-state index in [4.69, 9.17) is 5.26 Å². The van der Waals surface area contributed by atoms with E-state index in [1.54, 1.807) is 11.9 Å². The summed E-state index contributed by atoms with van der Waals surface area (Å²) >= 11 is 0. The smallest absolute Gasteiger partial charge is 0.128 e. The molecule has 1 heterocycles. The van der Waals surface area contributed by atoms with Gasteiger partial charge in [0.2, 0.25) is 0 Å². The fourth-order valence-corrected chi connectivity index (χ4v) is 1.80. The second kappa shape index (κ2) is 3.97. The molecule has 0 saturated carbocycles. The predicted octanol–water partition coefficient (Wildman–Crippen LogP) is 1.05. The molecule has 14 heavy (non-hydrogen) atoms. The molecule has 1 aliphatic rings. The van der Waals surface area contributed by atoms with Crippen LogP contribution >= 0.6 is 0 Å². The molecule has 2 unspecified atom stereocenters. The second-order valence-corrected chi connectivity index (χ2v) is 3.99. The van der Waals surface area contributed by atoms with Gasteiger partial charge in [0.15, 0.2) is 0 Å². The molecule has 0 spiro atoms. The molecule has 0 aromatic heterocycles. The number of likely N-dealkylation sites (tertiary alicyclic amines) is 1. The first-order chi connectivity index (χ1) is 6.50. The average molecular weight is 197 g/mol. The third-order valence-corrected chi connectivity index (χ3v) is 2.43. The molecule has 78 valence electrons. The highest BCUT2D eigenvalue weighted by molar-refractivity contribution is 5.13. The fourth-order valence-electron chi connectivity index (χ4n) is 1.80. The monoisotopic (exact) mass is 197 g/mol. The lowest BCUT2D eigenvalue weighted by molar-refractivity contribution is 0.199. The Balaban J connectivity index is 2.70. The molecule has 3 nitrogen and oxygen atoms in total. The number of halogens is 1. The molecular formula is C10H16FN3. The van der Waals surface area contributed by atoms with Crippen LogP contribution in [0.2, 0.25) is 0 Å². The first-order valence-electron chi connectivity index (χ1n) is 4.68. The average Bonchev–Trinajstić information content (AvgIpc) is 2.41. The Morgan fingerprint density at radius 1 is 1.86 bits per heavy atom. The number of hydrogen-bond acceptors (Lipinski definition) is 3. The minimum atomic E-state index is -1.27. The summed E-state index contributed by atoms with van der Waals surface area (Å²) in [5, 5.41) is 11.8. The van der Waals surface area contributed by atoms with E-state index in [1.807, 2.05) is 0 Å². The minimum Gasteiger partial charge on any atom is -0.355 e. The Hall–Kier alpha value is -1.08. The third kappa shape index (κ3) is 2.24. The van der Waals surface area contributed by atoms with Crippen molar-refractivity contribution in [1.82, 2.24) is 10.2 Å². The number of nitrogens with one attached hydrogen (secondary N) is 1. The maximum absolute atomic E-state index is 13.6.